The lowest BCUT2D eigenvalue weighted by Crippen LogP contribution is -2.15. The van der Waals surface area contributed by atoms with Gasteiger partial charge in [-0.2, -0.15) is 0 Å². The van der Waals surface area contributed by atoms with Crippen LogP contribution in [0.5, 0.6) is 11.5 Å². The van der Waals surface area contributed by atoms with Crippen molar-refractivity contribution in [2.75, 3.05) is 0 Å². The minimum absolute atomic E-state index is 0.0805. The Morgan fingerprint density at radius 2 is 1.55 bits per heavy atom. The van der Waals surface area contributed by atoms with E-state index in [0.29, 0.717) is 17.9 Å². The molecule has 0 spiro atoms. The van der Waals surface area contributed by atoms with Crippen molar-refractivity contribution < 1.29 is 14.6 Å². The van der Waals surface area contributed by atoms with Gasteiger partial charge in [-0.05, 0) is 58.6 Å². The summed E-state index contributed by atoms with van der Waals surface area (Å²) in [6, 6.07) is 8.04. The minimum atomic E-state index is -0.487. The number of phenolic OH excluding ortho intramolecular Hbond substituents is 1. The van der Waals surface area contributed by atoms with Gasteiger partial charge in [0.25, 0.3) is 0 Å². The van der Waals surface area contributed by atoms with E-state index in [2.05, 4.69) is 61.1 Å². The quantitative estimate of drug-likeness (QED) is 0.377. The zero-order valence-corrected chi connectivity index (χ0v) is 19.1. The lowest BCUT2D eigenvalue weighted by Gasteiger charge is -2.25. The number of phenols is 1. The maximum absolute atomic E-state index is 11.9. The van der Waals surface area contributed by atoms with Gasteiger partial charge < -0.3 is 9.84 Å². The average Bonchev–Trinajstić information content (AvgIpc) is 2.57. The smallest absolute Gasteiger partial charge is 0.335 e. The van der Waals surface area contributed by atoms with Crippen molar-refractivity contribution in [1.29, 1.82) is 0 Å². The molecule has 0 saturated heterocycles. The fraction of sp³-hybridized carbons (Fsp3) is 0.423. The Hall–Kier alpha value is -2.55. The standard InChI is InChI=1S/C26H34O3/c1-10-23(27)29-22-15-20(25(4,5)6)17(3)13-18(22)14-19-11-16(2)12-21(24(19)28)26(7,8)9/h10-13,15,28H,1,14H2,2-9H3. The maximum Gasteiger partial charge on any atom is 0.335 e. The van der Waals surface area contributed by atoms with Crippen LogP contribution in [0.2, 0.25) is 0 Å². The number of hydrogen-bond donors (Lipinski definition) is 1. The molecule has 0 heterocycles. The van der Waals surface area contributed by atoms with Gasteiger partial charge in [0.1, 0.15) is 11.5 Å². The Labute approximate surface area is 175 Å². The minimum Gasteiger partial charge on any atom is -0.507 e. The number of rotatable bonds is 4. The summed E-state index contributed by atoms with van der Waals surface area (Å²) in [7, 11) is 0. The molecule has 1 N–H and O–H groups in total. The number of carbonyl (C=O) groups is 1. The Balaban J connectivity index is 2.63. The van der Waals surface area contributed by atoms with Gasteiger partial charge in [0, 0.05) is 12.5 Å². The number of carbonyl (C=O) groups excluding carboxylic acids is 1. The van der Waals surface area contributed by atoms with Gasteiger partial charge in [0.2, 0.25) is 0 Å². The van der Waals surface area contributed by atoms with E-state index in [-0.39, 0.29) is 10.8 Å². The second kappa shape index (κ2) is 8.06. The van der Waals surface area contributed by atoms with E-state index < -0.39 is 5.97 Å². The highest BCUT2D eigenvalue weighted by Crippen LogP contribution is 2.38. The van der Waals surface area contributed by atoms with Crippen molar-refractivity contribution in [3.63, 3.8) is 0 Å². The van der Waals surface area contributed by atoms with Crippen molar-refractivity contribution in [3.8, 4) is 11.5 Å². The van der Waals surface area contributed by atoms with Crippen LogP contribution in [-0.2, 0) is 22.0 Å². The Morgan fingerprint density at radius 1 is 0.966 bits per heavy atom. The predicted molar refractivity (Wildman–Crippen MR) is 120 cm³/mol. The predicted octanol–water partition coefficient (Wildman–Crippen LogP) is 6.29. The summed E-state index contributed by atoms with van der Waals surface area (Å²) in [6.45, 7) is 20.3. The van der Waals surface area contributed by atoms with Gasteiger partial charge in [-0.25, -0.2) is 4.79 Å². The van der Waals surface area contributed by atoms with Crippen LogP contribution in [0.15, 0.2) is 36.9 Å². The molecule has 0 fully saturated rings. The SMILES string of the molecule is C=CC(=O)Oc1cc(C(C)(C)C)c(C)cc1Cc1cc(C)cc(C(C)(C)C)c1O. The normalized spacial score (nSPS) is 12.0. The monoisotopic (exact) mass is 394 g/mol. The molecule has 156 valence electrons. The molecule has 3 heteroatoms. The van der Waals surface area contributed by atoms with Crippen LogP contribution in [0.25, 0.3) is 0 Å². The molecule has 3 nitrogen and oxygen atoms in total. The lowest BCUT2D eigenvalue weighted by atomic mass is 9.81. The molecular formula is C26H34O3. The van der Waals surface area contributed by atoms with E-state index in [4.69, 9.17) is 4.74 Å². The summed E-state index contributed by atoms with van der Waals surface area (Å²) in [5, 5.41) is 11.0. The Morgan fingerprint density at radius 3 is 2.07 bits per heavy atom. The van der Waals surface area contributed by atoms with Gasteiger partial charge in [-0.1, -0.05) is 71.9 Å². The zero-order valence-electron chi connectivity index (χ0n) is 19.1. The molecule has 0 atom stereocenters. The first kappa shape index (κ1) is 22.7. The molecule has 0 aromatic heterocycles. The first-order valence-electron chi connectivity index (χ1n) is 10.0. The third-order valence-corrected chi connectivity index (χ3v) is 5.11. The van der Waals surface area contributed by atoms with Crippen molar-refractivity contribution in [2.24, 2.45) is 0 Å². The van der Waals surface area contributed by atoms with Crippen molar-refractivity contribution >= 4 is 5.97 Å². The Kier molecular flexibility index (Phi) is 6.32. The van der Waals surface area contributed by atoms with Crippen molar-refractivity contribution in [2.45, 2.75) is 72.6 Å². The van der Waals surface area contributed by atoms with Gasteiger partial charge in [0.05, 0.1) is 0 Å². The van der Waals surface area contributed by atoms with E-state index >= 15 is 0 Å². The number of hydrogen-bond acceptors (Lipinski definition) is 3. The highest BCUT2D eigenvalue weighted by Gasteiger charge is 2.23. The number of benzene rings is 2. The fourth-order valence-corrected chi connectivity index (χ4v) is 3.70. The van der Waals surface area contributed by atoms with Crippen LogP contribution in [0, 0.1) is 13.8 Å². The lowest BCUT2D eigenvalue weighted by molar-refractivity contribution is -0.129. The number of esters is 1. The number of aryl methyl sites for hydroxylation is 2. The molecule has 0 unspecified atom stereocenters. The van der Waals surface area contributed by atoms with Crippen molar-refractivity contribution in [3.05, 3.63) is 70.3 Å². The molecule has 0 aliphatic heterocycles. The third kappa shape index (κ3) is 5.29. The topological polar surface area (TPSA) is 46.5 Å². The average molecular weight is 395 g/mol. The molecule has 0 aliphatic carbocycles. The highest BCUT2D eigenvalue weighted by molar-refractivity contribution is 5.83. The number of aromatic hydroxyl groups is 1. The van der Waals surface area contributed by atoms with Crippen LogP contribution in [0.1, 0.15) is 74.9 Å². The van der Waals surface area contributed by atoms with Crippen LogP contribution in [0.3, 0.4) is 0 Å². The van der Waals surface area contributed by atoms with E-state index in [1.807, 2.05) is 25.1 Å². The molecule has 0 bridgehead atoms. The first-order valence-corrected chi connectivity index (χ1v) is 10.0. The van der Waals surface area contributed by atoms with Crippen molar-refractivity contribution in [1.82, 2.24) is 0 Å². The van der Waals surface area contributed by atoms with E-state index in [0.717, 1.165) is 33.4 Å². The van der Waals surface area contributed by atoms with Crippen LogP contribution < -0.4 is 4.74 Å². The summed E-state index contributed by atoms with van der Waals surface area (Å²) in [4.78, 5) is 11.9. The summed E-state index contributed by atoms with van der Waals surface area (Å²) in [6.07, 6.45) is 1.64. The van der Waals surface area contributed by atoms with E-state index in [1.165, 1.54) is 6.08 Å². The molecule has 2 aromatic rings. The first-order chi connectivity index (χ1) is 13.2. The fourth-order valence-electron chi connectivity index (χ4n) is 3.70. The van der Waals surface area contributed by atoms with Crippen LogP contribution >= 0.6 is 0 Å². The van der Waals surface area contributed by atoms with Gasteiger partial charge >= 0.3 is 5.97 Å². The Bertz CT molecular complexity index is 938. The summed E-state index contributed by atoms with van der Waals surface area (Å²) in [5.41, 5.74) is 5.71. The molecule has 2 aromatic carbocycles. The number of ether oxygens (including phenoxy) is 1. The molecule has 0 radical (unpaired) electrons. The van der Waals surface area contributed by atoms with Crippen LogP contribution in [-0.4, -0.2) is 11.1 Å². The summed E-state index contributed by atoms with van der Waals surface area (Å²) < 4.78 is 5.59. The van der Waals surface area contributed by atoms with Crippen LogP contribution in [0.4, 0.5) is 0 Å². The van der Waals surface area contributed by atoms with Gasteiger partial charge in [-0.3, -0.25) is 0 Å². The summed E-state index contributed by atoms with van der Waals surface area (Å²) >= 11 is 0. The van der Waals surface area contributed by atoms with Gasteiger partial charge in [-0.15, -0.1) is 0 Å². The highest BCUT2D eigenvalue weighted by atomic mass is 16.5. The van der Waals surface area contributed by atoms with E-state index in [1.54, 1.807) is 0 Å². The molecule has 0 aliphatic rings. The largest absolute Gasteiger partial charge is 0.507 e. The molecule has 29 heavy (non-hydrogen) atoms. The second-order valence-electron chi connectivity index (χ2n) is 9.90. The maximum atomic E-state index is 11.9. The third-order valence-electron chi connectivity index (χ3n) is 5.11. The molecule has 0 amide bonds. The second-order valence-corrected chi connectivity index (χ2v) is 9.90. The zero-order chi connectivity index (χ0) is 22.1. The molecule has 2 rings (SSSR count). The molecule has 0 saturated carbocycles. The van der Waals surface area contributed by atoms with E-state index in [9.17, 15) is 9.90 Å². The summed E-state index contributed by atoms with van der Waals surface area (Å²) in [5.74, 6) is 0.337. The van der Waals surface area contributed by atoms with Gasteiger partial charge in [0.15, 0.2) is 0 Å². The molecular weight excluding hydrogens is 360 g/mol.